The van der Waals surface area contributed by atoms with Gasteiger partial charge < -0.3 is 10.2 Å². The maximum Gasteiger partial charge on any atom is 0.293 e. The van der Waals surface area contributed by atoms with E-state index >= 15 is 0 Å². The smallest absolute Gasteiger partial charge is 0.293 e. The standard InChI is InChI=1S/C29H40N4O6S/c1-20(2)16-17-32(4)25-15-14-23(18-26(25)33(36)37)29(35)30-24(22-11-6-5-7-12-22)19-28(34)31-40(38,39)27-13-9-8-10-21(27)3/h8-10,13-15,18,20,22,24H,5-7,11-12,16-17,19H2,1-4H3,(H,30,35)(H,31,34). The van der Waals surface area contributed by atoms with Crippen LogP contribution in [0.3, 0.4) is 0 Å². The Balaban J connectivity index is 1.79. The molecule has 1 fully saturated rings. The molecule has 0 aromatic heterocycles. The van der Waals surface area contributed by atoms with Gasteiger partial charge in [0.05, 0.1) is 9.82 Å². The molecule has 218 valence electrons. The molecule has 1 saturated carbocycles. The lowest BCUT2D eigenvalue weighted by atomic mass is 9.82. The van der Waals surface area contributed by atoms with Gasteiger partial charge in [-0.15, -0.1) is 0 Å². The van der Waals surface area contributed by atoms with E-state index in [9.17, 15) is 28.1 Å². The molecule has 1 aliphatic rings. The minimum Gasteiger partial charge on any atom is -0.369 e. The quantitative estimate of drug-likeness (QED) is 0.271. The number of carbonyl (C=O) groups excluding carboxylic acids is 2. The van der Waals surface area contributed by atoms with Crippen molar-refractivity contribution in [3.8, 4) is 0 Å². The molecule has 2 N–H and O–H groups in total. The number of amides is 2. The predicted octanol–water partition coefficient (Wildman–Crippen LogP) is 4.96. The highest BCUT2D eigenvalue weighted by Gasteiger charge is 2.30. The van der Waals surface area contributed by atoms with E-state index in [0.29, 0.717) is 23.7 Å². The summed E-state index contributed by atoms with van der Waals surface area (Å²) in [6, 6.07) is 10.1. The fourth-order valence-electron chi connectivity index (χ4n) is 5.13. The van der Waals surface area contributed by atoms with Crippen molar-refractivity contribution < 1.29 is 22.9 Å². The van der Waals surface area contributed by atoms with Crippen LogP contribution < -0.4 is 14.9 Å². The molecule has 0 aliphatic heterocycles. The molecule has 10 nitrogen and oxygen atoms in total. The van der Waals surface area contributed by atoms with Crippen LogP contribution in [0.4, 0.5) is 11.4 Å². The summed E-state index contributed by atoms with van der Waals surface area (Å²) >= 11 is 0. The Morgan fingerprint density at radius 3 is 2.40 bits per heavy atom. The molecular formula is C29H40N4O6S. The Morgan fingerprint density at radius 1 is 1.10 bits per heavy atom. The van der Waals surface area contributed by atoms with Crippen molar-refractivity contribution in [1.82, 2.24) is 10.0 Å². The molecule has 0 radical (unpaired) electrons. The number of nitro benzene ring substituents is 1. The summed E-state index contributed by atoms with van der Waals surface area (Å²) in [5.74, 6) is -0.829. The van der Waals surface area contributed by atoms with Crippen LogP contribution in [0.1, 0.15) is 74.7 Å². The first kappa shape index (κ1) is 31.1. The first-order valence-corrected chi connectivity index (χ1v) is 15.3. The maximum atomic E-state index is 13.3. The van der Waals surface area contributed by atoms with E-state index in [-0.39, 0.29) is 28.5 Å². The van der Waals surface area contributed by atoms with Crippen LogP contribution in [-0.2, 0) is 14.8 Å². The number of carbonyl (C=O) groups is 2. The van der Waals surface area contributed by atoms with Crippen molar-refractivity contribution >= 4 is 33.2 Å². The molecule has 0 spiro atoms. The molecule has 2 amide bonds. The average molecular weight is 573 g/mol. The number of sulfonamides is 1. The van der Waals surface area contributed by atoms with E-state index in [2.05, 4.69) is 23.9 Å². The van der Waals surface area contributed by atoms with Gasteiger partial charge in [0.25, 0.3) is 21.6 Å². The highest BCUT2D eigenvalue weighted by atomic mass is 32.2. The number of hydrogen-bond donors (Lipinski definition) is 2. The van der Waals surface area contributed by atoms with Crippen LogP contribution in [-0.4, -0.2) is 44.8 Å². The van der Waals surface area contributed by atoms with Crippen LogP contribution in [0.5, 0.6) is 0 Å². The van der Waals surface area contributed by atoms with Crippen LogP contribution in [0.2, 0.25) is 0 Å². The maximum absolute atomic E-state index is 13.3. The lowest BCUT2D eigenvalue weighted by Crippen LogP contribution is -2.45. The number of benzene rings is 2. The van der Waals surface area contributed by atoms with Crippen LogP contribution in [0.15, 0.2) is 47.4 Å². The van der Waals surface area contributed by atoms with E-state index in [1.807, 2.05) is 4.90 Å². The molecule has 1 aliphatic carbocycles. The van der Waals surface area contributed by atoms with Crippen LogP contribution >= 0.6 is 0 Å². The number of nitrogens with one attached hydrogen (secondary N) is 2. The minimum atomic E-state index is -4.08. The molecule has 0 heterocycles. The SMILES string of the molecule is Cc1ccccc1S(=O)(=O)NC(=O)CC(NC(=O)c1ccc(N(C)CCC(C)C)c([N+](=O)[O-])c1)C1CCCCC1. The molecule has 0 bridgehead atoms. The number of anilines is 1. The second-order valence-corrected chi connectivity index (χ2v) is 12.7. The van der Waals surface area contributed by atoms with Gasteiger partial charge in [-0.3, -0.25) is 19.7 Å². The summed E-state index contributed by atoms with van der Waals surface area (Å²) in [5.41, 5.74) is 0.878. The van der Waals surface area contributed by atoms with E-state index in [1.165, 1.54) is 12.1 Å². The molecule has 0 saturated heterocycles. The van der Waals surface area contributed by atoms with Crippen molar-refractivity contribution in [2.45, 2.75) is 76.7 Å². The van der Waals surface area contributed by atoms with E-state index in [0.717, 1.165) is 38.5 Å². The molecular weight excluding hydrogens is 532 g/mol. The Hall–Kier alpha value is -3.47. The number of rotatable bonds is 12. The summed E-state index contributed by atoms with van der Waals surface area (Å²) in [7, 11) is -2.29. The molecule has 11 heteroatoms. The summed E-state index contributed by atoms with van der Waals surface area (Å²) in [6.45, 7) is 6.44. The lowest BCUT2D eigenvalue weighted by Gasteiger charge is -2.30. The Kier molecular flexibility index (Phi) is 10.7. The zero-order valence-corrected chi connectivity index (χ0v) is 24.5. The van der Waals surface area contributed by atoms with Crippen molar-refractivity contribution in [1.29, 1.82) is 0 Å². The lowest BCUT2D eigenvalue weighted by molar-refractivity contribution is -0.384. The Bertz CT molecular complexity index is 1320. The van der Waals surface area contributed by atoms with Gasteiger partial charge in [0.15, 0.2) is 0 Å². The first-order chi connectivity index (χ1) is 18.9. The normalized spacial score (nSPS) is 14.9. The fourth-order valence-corrected chi connectivity index (χ4v) is 6.38. The zero-order chi connectivity index (χ0) is 29.4. The van der Waals surface area contributed by atoms with E-state index < -0.39 is 32.8 Å². The highest BCUT2D eigenvalue weighted by molar-refractivity contribution is 7.90. The molecule has 1 atom stereocenters. The Morgan fingerprint density at radius 2 is 1.77 bits per heavy atom. The van der Waals surface area contributed by atoms with Gasteiger partial charge in [0.2, 0.25) is 5.91 Å². The molecule has 3 rings (SSSR count). The topological polar surface area (TPSA) is 139 Å². The summed E-state index contributed by atoms with van der Waals surface area (Å²) in [4.78, 5) is 39.5. The molecule has 2 aromatic carbocycles. The second kappa shape index (κ2) is 13.7. The molecule has 2 aromatic rings. The van der Waals surface area contributed by atoms with Gasteiger partial charge in [0, 0.05) is 37.7 Å². The van der Waals surface area contributed by atoms with Gasteiger partial charge in [-0.25, -0.2) is 13.1 Å². The largest absolute Gasteiger partial charge is 0.369 e. The average Bonchev–Trinajstić information content (AvgIpc) is 2.91. The van der Waals surface area contributed by atoms with Gasteiger partial charge >= 0.3 is 0 Å². The summed E-state index contributed by atoms with van der Waals surface area (Å²) in [5, 5.41) is 14.8. The third-order valence-corrected chi connectivity index (χ3v) is 8.99. The molecule has 1 unspecified atom stereocenters. The van der Waals surface area contributed by atoms with E-state index in [1.54, 1.807) is 44.3 Å². The summed E-state index contributed by atoms with van der Waals surface area (Å²) < 4.78 is 27.8. The number of aryl methyl sites for hydroxylation is 1. The number of hydrogen-bond acceptors (Lipinski definition) is 7. The third-order valence-electron chi connectivity index (χ3n) is 7.46. The second-order valence-electron chi connectivity index (χ2n) is 11.0. The highest BCUT2D eigenvalue weighted by Crippen LogP contribution is 2.31. The zero-order valence-electron chi connectivity index (χ0n) is 23.7. The van der Waals surface area contributed by atoms with Crippen LogP contribution in [0, 0.1) is 28.9 Å². The van der Waals surface area contributed by atoms with E-state index in [4.69, 9.17) is 0 Å². The molecule has 40 heavy (non-hydrogen) atoms. The van der Waals surface area contributed by atoms with Gasteiger partial charge in [-0.1, -0.05) is 51.3 Å². The van der Waals surface area contributed by atoms with Crippen molar-refractivity contribution in [2.24, 2.45) is 11.8 Å². The van der Waals surface area contributed by atoms with Gasteiger partial charge in [-0.05, 0) is 61.8 Å². The van der Waals surface area contributed by atoms with Crippen molar-refractivity contribution in [2.75, 3.05) is 18.5 Å². The first-order valence-electron chi connectivity index (χ1n) is 13.8. The number of nitrogens with zero attached hydrogens (tertiary/aromatic N) is 2. The summed E-state index contributed by atoms with van der Waals surface area (Å²) in [6.07, 6.45) is 5.18. The third kappa shape index (κ3) is 8.27. The van der Waals surface area contributed by atoms with Gasteiger partial charge in [0.1, 0.15) is 5.69 Å². The van der Waals surface area contributed by atoms with Crippen LogP contribution in [0.25, 0.3) is 0 Å². The van der Waals surface area contributed by atoms with Gasteiger partial charge in [-0.2, -0.15) is 0 Å². The fraction of sp³-hybridized carbons (Fsp3) is 0.517. The monoisotopic (exact) mass is 572 g/mol. The van der Waals surface area contributed by atoms with Crippen molar-refractivity contribution in [3.05, 3.63) is 63.7 Å². The Labute approximate surface area is 236 Å². The van der Waals surface area contributed by atoms with Crippen molar-refractivity contribution in [3.63, 3.8) is 0 Å². The minimum absolute atomic E-state index is 0.0129. The predicted molar refractivity (Wildman–Crippen MR) is 155 cm³/mol. The number of nitro groups is 1.